The molecule has 42 valence electrons. The summed E-state index contributed by atoms with van der Waals surface area (Å²) in [6, 6.07) is 0. The molecule has 2 atom stereocenters. The average molecular weight is 228 g/mol. The van der Waals surface area contributed by atoms with E-state index in [1.165, 1.54) is 6.42 Å². The predicted molar refractivity (Wildman–Crippen MR) is 39.2 cm³/mol. The normalized spacial score (nSPS) is 49.3. The first kappa shape index (κ1) is 6.09. The van der Waals surface area contributed by atoms with Crippen molar-refractivity contribution in [3.05, 3.63) is 0 Å². The molecule has 1 saturated carbocycles. The average Bonchev–Trinajstić information content (AvgIpc) is 2.18. The molecule has 7 heavy (non-hydrogen) atoms. The molecule has 1 aliphatic carbocycles. The second-order valence-electron chi connectivity index (χ2n) is 2.46. The highest BCUT2D eigenvalue weighted by Crippen LogP contribution is 2.51. The van der Waals surface area contributed by atoms with E-state index < -0.39 is 0 Å². The summed E-state index contributed by atoms with van der Waals surface area (Å²) in [6.45, 7) is 2.28. The second-order valence-corrected chi connectivity index (χ2v) is 4.13. The number of alkyl halides is 2. The zero-order chi connectivity index (χ0) is 5.49. The smallest absolute Gasteiger partial charge is 0.0213 e. The molecule has 0 spiro atoms. The molecule has 1 aliphatic rings. The quantitative estimate of drug-likeness (QED) is 0.605. The molecule has 0 aromatic rings. The van der Waals surface area contributed by atoms with Gasteiger partial charge in [-0.25, -0.2) is 0 Å². The van der Waals surface area contributed by atoms with Crippen molar-refractivity contribution in [2.24, 2.45) is 5.41 Å². The van der Waals surface area contributed by atoms with Crippen molar-refractivity contribution < 1.29 is 0 Å². The minimum Gasteiger partial charge on any atom is -0.0922 e. The first-order valence-electron chi connectivity index (χ1n) is 2.39. The highest BCUT2D eigenvalue weighted by Gasteiger charge is 2.47. The lowest BCUT2D eigenvalue weighted by molar-refractivity contribution is 0.679. The topological polar surface area (TPSA) is 0 Å². The fourth-order valence-electron chi connectivity index (χ4n) is 0.489. The molecule has 0 unspecified atom stereocenters. The van der Waals surface area contributed by atoms with E-state index in [-0.39, 0.29) is 0 Å². The predicted octanol–water partition coefficient (Wildman–Crippen LogP) is 2.55. The first-order valence-corrected chi connectivity index (χ1v) is 4.43. The monoisotopic (exact) mass is 226 g/mol. The molecule has 0 N–H and O–H groups in total. The van der Waals surface area contributed by atoms with E-state index in [1.54, 1.807) is 0 Å². The Hall–Kier alpha value is 0.960. The summed E-state index contributed by atoms with van der Waals surface area (Å²) in [5.74, 6) is 0. The molecule has 2 heteroatoms. The SMILES string of the molecule is C[C@@]1(CBr)C[C@@H]1Br. The van der Waals surface area contributed by atoms with Gasteiger partial charge in [0.25, 0.3) is 0 Å². The fraction of sp³-hybridized carbons (Fsp3) is 1.00. The van der Waals surface area contributed by atoms with Crippen molar-refractivity contribution in [2.45, 2.75) is 18.2 Å². The van der Waals surface area contributed by atoms with Crippen LogP contribution in [0.5, 0.6) is 0 Å². The zero-order valence-corrected chi connectivity index (χ0v) is 7.42. The second kappa shape index (κ2) is 1.73. The molecule has 0 aromatic carbocycles. The minimum absolute atomic E-state index is 0.583. The Bertz CT molecular complexity index is 78.1. The van der Waals surface area contributed by atoms with Gasteiger partial charge in [-0.15, -0.1) is 0 Å². The third-order valence-electron chi connectivity index (χ3n) is 1.55. The summed E-state index contributed by atoms with van der Waals surface area (Å²) >= 11 is 6.98. The maximum atomic E-state index is 3.53. The number of hydrogen-bond acceptors (Lipinski definition) is 0. The Morgan fingerprint density at radius 3 is 2.29 bits per heavy atom. The van der Waals surface area contributed by atoms with Gasteiger partial charge in [0.2, 0.25) is 0 Å². The number of halogens is 2. The van der Waals surface area contributed by atoms with Crippen LogP contribution in [-0.2, 0) is 0 Å². The van der Waals surface area contributed by atoms with Gasteiger partial charge in [-0.2, -0.15) is 0 Å². The first-order chi connectivity index (χ1) is 3.19. The molecule has 0 bridgehead atoms. The molecular weight excluding hydrogens is 220 g/mol. The van der Waals surface area contributed by atoms with Gasteiger partial charge < -0.3 is 0 Å². The van der Waals surface area contributed by atoms with Crippen LogP contribution in [0.2, 0.25) is 0 Å². The molecule has 0 saturated heterocycles. The van der Waals surface area contributed by atoms with Crippen molar-refractivity contribution in [3.63, 3.8) is 0 Å². The van der Waals surface area contributed by atoms with E-state index in [0.29, 0.717) is 5.41 Å². The summed E-state index contributed by atoms with van der Waals surface area (Å²) in [5.41, 5.74) is 0.583. The molecule has 0 aliphatic heterocycles. The van der Waals surface area contributed by atoms with E-state index in [2.05, 4.69) is 38.8 Å². The standard InChI is InChI=1S/C5H8Br2/c1-5(3-6)2-4(5)7/h4H,2-3H2,1H3/t4-,5-/m0/s1. The van der Waals surface area contributed by atoms with E-state index in [1.807, 2.05) is 0 Å². The Kier molecular flexibility index (Phi) is 1.50. The van der Waals surface area contributed by atoms with Crippen LogP contribution in [-0.4, -0.2) is 10.2 Å². The molecule has 0 amide bonds. The van der Waals surface area contributed by atoms with Gasteiger partial charge in [-0.1, -0.05) is 38.8 Å². The Labute approximate surface area is 60.9 Å². The lowest BCUT2D eigenvalue weighted by Gasteiger charge is -1.98. The summed E-state index contributed by atoms with van der Waals surface area (Å²) < 4.78 is 0. The van der Waals surface area contributed by atoms with Crippen LogP contribution in [0.25, 0.3) is 0 Å². The Balaban J connectivity index is 2.36. The maximum absolute atomic E-state index is 3.53. The van der Waals surface area contributed by atoms with Crippen molar-refractivity contribution in [2.75, 3.05) is 5.33 Å². The Morgan fingerprint density at radius 1 is 1.86 bits per heavy atom. The van der Waals surface area contributed by atoms with E-state index in [0.717, 1.165) is 10.2 Å². The van der Waals surface area contributed by atoms with Crippen LogP contribution in [0.4, 0.5) is 0 Å². The van der Waals surface area contributed by atoms with Gasteiger partial charge in [0, 0.05) is 10.2 Å². The van der Waals surface area contributed by atoms with Gasteiger partial charge in [-0.05, 0) is 11.8 Å². The lowest BCUT2D eigenvalue weighted by Crippen LogP contribution is -1.96. The zero-order valence-electron chi connectivity index (χ0n) is 4.25. The molecule has 0 nitrogen and oxygen atoms in total. The van der Waals surface area contributed by atoms with Gasteiger partial charge in [-0.3, -0.25) is 0 Å². The van der Waals surface area contributed by atoms with Crippen molar-refractivity contribution in [1.82, 2.24) is 0 Å². The molecule has 0 aromatic heterocycles. The molecule has 1 rings (SSSR count). The third-order valence-corrected chi connectivity index (χ3v) is 4.26. The van der Waals surface area contributed by atoms with Crippen LogP contribution < -0.4 is 0 Å². The van der Waals surface area contributed by atoms with Crippen LogP contribution in [0.3, 0.4) is 0 Å². The van der Waals surface area contributed by atoms with Gasteiger partial charge in [0.15, 0.2) is 0 Å². The highest BCUT2D eigenvalue weighted by atomic mass is 79.9. The minimum atomic E-state index is 0.583. The van der Waals surface area contributed by atoms with Crippen LogP contribution in [0.15, 0.2) is 0 Å². The van der Waals surface area contributed by atoms with Crippen molar-refractivity contribution in [1.29, 1.82) is 0 Å². The van der Waals surface area contributed by atoms with Gasteiger partial charge in [0.1, 0.15) is 0 Å². The van der Waals surface area contributed by atoms with Crippen molar-refractivity contribution >= 4 is 31.9 Å². The van der Waals surface area contributed by atoms with Crippen LogP contribution in [0.1, 0.15) is 13.3 Å². The Morgan fingerprint density at radius 2 is 2.29 bits per heavy atom. The largest absolute Gasteiger partial charge is 0.0922 e. The van der Waals surface area contributed by atoms with E-state index >= 15 is 0 Å². The summed E-state index contributed by atoms with van der Waals surface area (Å²) in [6.07, 6.45) is 1.33. The molecule has 0 radical (unpaired) electrons. The van der Waals surface area contributed by atoms with E-state index in [4.69, 9.17) is 0 Å². The number of hydrogen-bond donors (Lipinski definition) is 0. The van der Waals surface area contributed by atoms with Gasteiger partial charge in [0.05, 0.1) is 0 Å². The molecule has 1 fully saturated rings. The van der Waals surface area contributed by atoms with E-state index in [9.17, 15) is 0 Å². The lowest BCUT2D eigenvalue weighted by atomic mass is 10.2. The maximum Gasteiger partial charge on any atom is 0.0213 e. The van der Waals surface area contributed by atoms with Crippen molar-refractivity contribution in [3.8, 4) is 0 Å². The summed E-state index contributed by atoms with van der Waals surface area (Å²) in [4.78, 5) is 0.777. The third kappa shape index (κ3) is 1.02. The summed E-state index contributed by atoms with van der Waals surface area (Å²) in [5, 5.41) is 1.13. The molecular formula is C5H8Br2. The van der Waals surface area contributed by atoms with Crippen LogP contribution >= 0.6 is 31.9 Å². The van der Waals surface area contributed by atoms with Gasteiger partial charge >= 0.3 is 0 Å². The summed E-state index contributed by atoms with van der Waals surface area (Å²) in [7, 11) is 0. The number of rotatable bonds is 1. The fourth-order valence-corrected chi connectivity index (χ4v) is 2.44. The van der Waals surface area contributed by atoms with Crippen LogP contribution in [0, 0.1) is 5.41 Å². The highest BCUT2D eigenvalue weighted by molar-refractivity contribution is 9.10. The molecule has 0 heterocycles.